The number of rotatable bonds is 7. The van der Waals surface area contributed by atoms with Crippen LogP contribution in [0.2, 0.25) is 0 Å². The maximum atomic E-state index is 13.4. The van der Waals surface area contributed by atoms with Crippen LogP contribution in [0.3, 0.4) is 0 Å². The van der Waals surface area contributed by atoms with Gasteiger partial charge in [-0.3, -0.25) is 5.32 Å². The molecule has 1 heterocycles. The van der Waals surface area contributed by atoms with Crippen molar-refractivity contribution in [2.24, 2.45) is 9.55 Å². The fraction of sp³-hybridized carbons (Fsp3) is 0.286. The van der Waals surface area contributed by atoms with Crippen molar-refractivity contribution in [3.8, 4) is 0 Å². The number of sulfonamides is 1. The third-order valence-electron chi connectivity index (χ3n) is 3.12. The number of amidine groups is 1. The molecule has 2 rings (SSSR count). The Bertz CT molecular complexity index is 1110. The zero-order valence-corrected chi connectivity index (χ0v) is 19.0. The van der Waals surface area contributed by atoms with Crippen LogP contribution in [-0.2, 0) is 10.0 Å². The molecule has 4 N–H and O–H groups in total. The third-order valence-corrected chi connectivity index (χ3v) is 5.19. The lowest BCUT2D eigenvalue weighted by molar-refractivity contribution is -0.142. The van der Waals surface area contributed by atoms with Gasteiger partial charge in [0.2, 0.25) is 11.8 Å². The van der Waals surface area contributed by atoms with Crippen LogP contribution in [0.1, 0.15) is 5.69 Å². The van der Waals surface area contributed by atoms with E-state index in [-0.39, 0.29) is 33.3 Å². The van der Waals surface area contributed by atoms with E-state index in [1.54, 1.807) is 0 Å². The summed E-state index contributed by atoms with van der Waals surface area (Å²) in [6.07, 6.45) is -4.27. The van der Waals surface area contributed by atoms with Gasteiger partial charge in [0.1, 0.15) is 5.82 Å². The minimum atomic E-state index is -4.90. The summed E-state index contributed by atoms with van der Waals surface area (Å²) >= 11 is 3.96. The molecular formula is C14H14BrF4N7O4S2. The lowest BCUT2D eigenvalue weighted by atomic mass is 10.3. The van der Waals surface area contributed by atoms with E-state index in [2.05, 4.69) is 51.1 Å². The molecule has 0 atom stereocenters. The van der Waals surface area contributed by atoms with E-state index in [0.717, 1.165) is 23.1 Å². The van der Waals surface area contributed by atoms with Gasteiger partial charge in [0.05, 0.1) is 10.7 Å². The number of alkyl halides is 3. The first kappa shape index (κ1) is 25.7. The Kier molecular flexibility index (Phi) is 8.67. The Morgan fingerprint density at radius 1 is 1.34 bits per heavy atom. The van der Waals surface area contributed by atoms with Crippen LogP contribution in [0, 0.1) is 5.82 Å². The van der Waals surface area contributed by atoms with Gasteiger partial charge in [-0.25, -0.2) is 17.4 Å². The Morgan fingerprint density at radius 2 is 2.06 bits per heavy atom. The second-order valence-corrected chi connectivity index (χ2v) is 9.28. The molecule has 2 aromatic rings. The predicted octanol–water partition coefficient (Wildman–Crippen LogP) is 2.33. The second-order valence-electron chi connectivity index (χ2n) is 5.69. The Labute approximate surface area is 190 Å². The normalized spacial score (nSPS) is 13.2. The van der Waals surface area contributed by atoms with Crippen molar-refractivity contribution < 1.29 is 35.8 Å². The molecule has 0 aliphatic heterocycles. The summed E-state index contributed by atoms with van der Waals surface area (Å²) in [6.45, 7) is -0.168. The van der Waals surface area contributed by atoms with E-state index < -0.39 is 28.1 Å². The second kappa shape index (κ2) is 10.8. The van der Waals surface area contributed by atoms with Gasteiger partial charge in [-0.05, 0) is 44.4 Å². The summed E-state index contributed by atoms with van der Waals surface area (Å²) in [4.78, 5) is 0. The first-order valence-corrected chi connectivity index (χ1v) is 11.8. The molecular weight excluding hydrogens is 550 g/mol. The number of halogens is 5. The molecule has 0 saturated heterocycles. The Hall–Kier alpha value is -2.60. The molecule has 0 fully saturated rings. The van der Waals surface area contributed by atoms with E-state index in [4.69, 9.17) is 0 Å². The number of benzene rings is 1. The van der Waals surface area contributed by atoms with Crippen LogP contribution >= 0.6 is 27.7 Å². The van der Waals surface area contributed by atoms with Crippen molar-refractivity contribution in [1.82, 2.24) is 20.9 Å². The van der Waals surface area contributed by atoms with Crippen LogP contribution < -0.4 is 16.0 Å². The van der Waals surface area contributed by atoms with Crippen molar-refractivity contribution in [3.63, 3.8) is 0 Å². The van der Waals surface area contributed by atoms with Gasteiger partial charge in [0.15, 0.2) is 10.7 Å². The van der Waals surface area contributed by atoms with E-state index in [1.165, 1.54) is 12.1 Å². The number of nitrogens with zero attached hydrogens (tertiary/aromatic N) is 4. The van der Waals surface area contributed by atoms with Gasteiger partial charge in [-0.1, -0.05) is 16.9 Å². The number of anilines is 1. The average Bonchev–Trinajstić information content (AvgIpc) is 3.11. The molecule has 0 radical (unpaired) electrons. The van der Waals surface area contributed by atoms with Crippen LogP contribution in [0.4, 0.5) is 23.2 Å². The average molecular weight is 564 g/mol. The number of thioether (sulfide) groups is 1. The molecule has 0 amide bonds. The fourth-order valence-electron chi connectivity index (χ4n) is 1.98. The topological polar surface area (TPSA) is 154 Å². The molecule has 1 aromatic carbocycles. The number of aromatic nitrogens is 2. The first-order chi connectivity index (χ1) is 14.9. The number of hydrogen-bond acceptors (Lipinski definition) is 8. The maximum Gasteiger partial charge on any atom is 0.484 e. The molecule has 32 heavy (non-hydrogen) atoms. The summed E-state index contributed by atoms with van der Waals surface area (Å²) in [7, 11) is -4.09. The quantitative estimate of drug-likeness (QED) is 0.0576. The summed E-state index contributed by atoms with van der Waals surface area (Å²) in [5, 5.41) is 25.6. The highest BCUT2D eigenvalue weighted by atomic mass is 79.9. The fourth-order valence-corrected chi connectivity index (χ4v) is 3.55. The maximum absolute atomic E-state index is 13.4. The van der Waals surface area contributed by atoms with Gasteiger partial charge in [-0.2, -0.15) is 13.2 Å². The van der Waals surface area contributed by atoms with Gasteiger partial charge >= 0.3 is 6.30 Å². The highest BCUT2D eigenvalue weighted by molar-refractivity contribution is 9.10. The van der Waals surface area contributed by atoms with Crippen LogP contribution in [-0.4, -0.2) is 60.6 Å². The van der Waals surface area contributed by atoms with E-state index in [1.807, 2.05) is 0 Å². The SMILES string of the molecule is CS(=O)(=O)/N=C(/NCCSc1nonc1/C(=N/O)Nc1ccc(F)c(Br)c1)NC(F)(F)F. The molecule has 11 nitrogen and oxygen atoms in total. The standard InChI is InChI=1S/C14H14BrF4N7O4S2/c1-32(28,29)26-13(22-14(17,18)19)20-4-5-31-12-10(24-30-25-12)11(23-27)21-7-2-3-9(16)8(15)6-7/h2-3,6,27H,4-5H2,1H3,(H,21,23)(H2,20,22,26). The third kappa shape index (κ3) is 8.50. The molecule has 0 aliphatic carbocycles. The molecule has 0 unspecified atom stereocenters. The minimum Gasteiger partial charge on any atom is -0.409 e. The van der Waals surface area contributed by atoms with Crippen molar-refractivity contribution in [2.45, 2.75) is 11.3 Å². The van der Waals surface area contributed by atoms with Crippen LogP contribution in [0.5, 0.6) is 0 Å². The van der Waals surface area contributed by atoms with E-state index >= 15 is 0 Å². The molecule has 18 heteroatoms. The van der Waals surface area contributed by atoms with Crippen molar-refractivity contribution in [2.75, 3.05) is 23.9 Å². The molecule has 176 valence electrons. The molecule has 0 spiro atoms. The van der Waals surface area contributed by atoms with E-state index in [9.17, 15) is 31.2 Å². The van der Waals surface area contributed by atoms with Gasteiger partial charge in [0.25, 0.3) is 10.0 Å². The Morgan fingerprint density at radius 3 is 2.66 bits per heavy atom. The highest BCUT2D eigenvalue weighted by Crippen LogP contribution is 2.23. The highest BCUT2D eigenvalue weighted by Gasteiger charge is 2.29. The van der Waals surface area contributed by atoms with Crippen LogP contribution in [0.15, 0.2) is 41.9 Å². The molecule has 0 saturated carbocycles. The number of oxime groups is 1. The molecule has 0 bridgehead atoms. The van der Waals surface area contributed by atoms with Gasteiger partial charge in [0, 0.05) is 18.0 Å². The lowest BCUT2D eigenvalue weighted by Crippen LogP contribution is -2.46. The summed E-state index contributed by atoms with van der Waals surface area (Å²) < 4.78 is 80.8. The van der Waals surface area contributed by atoms with E-state index in [0.29, 0.717) is 11.9 Å². The number of nitrogens with one attached hydrogen (secondary N) is 3. The van der Waals surface area contributed by atoms with Crippen LogP contribution in [0.25, 0.3) is 0 Å². The van der Waals surface area contributed by atoms with Crippen molar-refractivity contribution >= 4 is 55.2 Å². The lowest BCUT2D eigenvalue weighted by Gasteiger charge is -2.13. The van der Waals surface area contributed by atoms with Crippen molar-refractivity contribution in [3.05, 3.63) is 34.2 Å². The largest absolute Gasteiger partial charge is 0.484 e. The summed E-state index contributed by atoms with van der Waals surface area (Å²) in [6, 6.07) is 3.90. The summed E-state index contributed by atoms with van der Waals surface area (Å²) in [5.41, 5.74) is 0.308. The first-order valence-electron chi connectivity index (χ1n) is 8.16. The summed E-state index contributed by atoms with van der Waals surface area (Å²) in [5.74, 6) is -1.65. The predicted molar refractivity (Wildman–Crippen MR) is 111 cm³/mol. The molecule has 0 aliphatic rings. The zero-order chi connectivity index (χ0) is 23.9. The monoisotopic (exact) mass is 563 g/mol. The smallest absolute Gasteiger partial charge is 0.409 e. The molecule has 1 aromatic heterocycles. The van der Waals surface area contributed by atoms with Crippen molar-refractivity contribution in [1.29, 1.82) is 0 Å². The minimum absolute atomic E-state index is 0.0311. The number of guanidine groups is 1. The van der Waals surface area contributed by atoms with Gasteiger partial charge in [-0.15, -0.1) is 4.40 Å². The Balaban J connectivity index is 2.02. The van der Waals surface area contributed by atoms with Gasteiger partial charge < -0.3 is 15.8 Å². The zero-order valence-electron chi connectivity index (χ0n) is 15.8. The number of hydrogen-bond donors (Lipinski definition) is 4.